The molecule has 0 aromatic rings. The van der Waals surface area contributed by atoms with Crippen LogP contribution in [0.4, 0.5) is 0 Å². The van der Waals surface area contributed by atoms with Crippen molar-refractivity contribution in [3.63, 3.8) is 0 Å². The molecule has 0 fully saturated rings. The lowest BCUT2D eigenvalue weighted by Crippen LogP contribution is -2.01. The highest BCUT2D eigenvalue weighted by Crippen LogP contribution is 2.32. The number of hydrogen-bond acceptors (Lipinski definition) is 0. The molecule has 0 aromatic carbocycles. The van der Waals surface area contributed by atoms with Crippen LogP contribution >= 0.6 is 0 Å². The van der Waals surface area contributed by atoms with Gasteiger partial charge in [-0.05, 0) is 47.0 Å². The monoisotopic (exact) mass is 150 g/mol. The Hall–Kier alpha value is -0.520. The lowest BCUT2D eigenvalue weighted by molar-refractivity contribution is 0.759. The Balaban J connectivity index is 2.57. The third kappa shape index (κ3) is 1.95. The van der Waals surface area contributed by atoms with Gasteiger partial charge in [-0.2, -0.15) is 0 Å². The van der Waals surface area contributed by atoms with E-state index in [1.165, 1.54) is 24.8 Å². The lowest BCUT2D eigenvalue weighted by atomic mass is 9.85. The summed E-state index contributed by atoms with van der Waals surface area (Å²) in [6, 6.07) is 0. The standard InChI is InChI=1S/C11H18/c1-8(2)10(4)7-11-6-5-9(11)3/h5-7H2,1-4H3. The van der Waals surface area contributed by atoms with Gasteiger partial charge in [0.25, 0.3) is 0 Å². The van der Waals surface area contributed by atoms with Crippen LogP contribution in [-0.2, 0) is 0 Å². The van der Waals surface area contributed by atoms with Crippen LogP contribution < -0.4 is 0 Å². The van der Waals surface area contributed by atoms with Crippen LogP contribution in [0.2, 0.25) is 0 Å². The third-order valence-electron chi connectivity index (χ3n) is 2.74. The van der Waals surface area contributed by atoms with Gasteiger partial charge in [-0.3, -0.25) is 0 Å². The molecule has 62 valence electrons. The van der Waals surface area contributed by atoms with Crippen molar-refractivity contribution in [2.24, 2.45) is 0 Å². The molecule has 0 unspecified atom stereocenters. The molecule has 0 atom stereocenters. The molecular formula is C11H18. The Morgan fingerprint density at radius 3 is 2.09 bits per heavy atom. The van der Waals surface area contributed by atoms with Crippen molar-refractivity contribution in [2.75, 3.05) is 0 Å². The van der Waals surface area contributed by atoms with Crippen LogP contribution in [0.25, 0.3) is 0 Å². The molecule has 0 spiro atoms. The highest BCUT2D eigenvalue weighted by atomic mass is 14.2. The summed E-state index contributed by atoms with van der Waals surface area (Å²) in [6.07, 6.45) is 3.91. The summed E-state index contributed by atoms with van der Waals surface area (Å²) in [5, 5.41) is 0. The molecule has 1 rings (SSSR count). The highest BCUT2D eigenvalue weighted by Gasteiger charge is 2.12. The fraction of sp³-hybridized carbons (Fsp3) is 0.636. The summed E-state index contributed by atoms with van der Waals surface area (Å²) >= 11 is 0. The van der Waals surface area contributed by atoms with Gasteiger partial charge < -0.3 is 0 Å². The first-order chi connectivity index (χ1) is 5.11. The second-order valence-corrected chi connectivity index (χ2v) is 3.84. The van der Waals surface area contributed by atoms with Crippen molar-refractivity contribution in [3.05, 3.63) is 22.3 Å². The molecule has 0 amide bonds. The fourth-order valence-corrected chi connectivity index (χ4v) is 1.29. The number of rotatable bonds is 2. The Labute approximate surface area is 70.0 Å². The Kier molecular flexibility index (Phi) is 2.53. The van der Waals surface area contributed by atoms with E-state index in [9.17, 15) is 0 Å². The second kappa shape index (κ2) is 3.25. The normalized spacial score (nSPS) is 16.4. The predicted octanol–water partition coefficient (Wildman–Crippen LogP) is 3.84. The minimum atomic E-state index is 1.23. The van der Waals surface area contributed by atoms with Gasteiger partial charge in [0.15, 0.2) is 0 Å². The number of hydrogen-bond donors (Lipinski definition) is 0. The molecule has 0 nitrogen and oxygen atoms in total. The Morgan fingerprint density at radius 1 is 1.18 bits per heavy atom. The van der Waals surface area contributed by atoms with Gasteiger partial charge in [-0.15, -0.1) is 0 Å². The van der Waals surface area contributed by atoms with Crippen molar-refractivity contribution in [1.82, 2.24) is 0 Å². The molecule has 11 heavy (non-hydrogen) atoms. The van der Waals surface area contributed by atoms with Gasteiger partial charge in [0.05, 0.1) is 0 Å². The van der Waals surface area contributed by atoms with E-state index in [0.717, 1.165) is 0 Å². The second-order valence-electron chi connectivity index (χ2n) is 3.84. The average molecular weight is 150 g/mol. The van der Waals surface area contributed by atoms with Crippen molar-refractivity contribution >= 4 is 0 Å². The molecule has 1 aliphatic rings. The van der Waals surface area contributed by atoms with E-state index in [1.807, 2.05) is 0 Å². The first-order valence-electron chi connectivity index (χ1n) is 4.41. The molecule has 0 heteroatoms. The van der Waals surface area contributed by atoms with E-state index in [-0.39, 0.29) is 0 Å². The van der Waals surface area contributed by atoms with Crippen LogP contribution in [-0.4, -0.2) is 0 Å². The molecule has 0 saturated heterocycles. The molecule has 0 aliphatic heterocycles. The van der Waals surface area contributed by atoms with E-state index in [2.05, 4.69) is 27.7 Å². The lowest BCUT2D eigenvalue weighted by Gasteiger charge is -2.21. The van der Waals surface area contributed by atoms with Crippen LogP contribution in [0.5, 0.6) is 0 Å². The minimum Gasteiger partial charge on any atom is -0.0772 e. The van der Waals surface area contributed by atoms with Crippen LogP contribution in [0.1, 0.15) is 47.0 Å². The molecular weight excluding hydrogens is 132 g/mol. The van der Waals surface area contributed by atoms with Gasteiger partial charge >= 0.3 is 0 Å². The van der Waals surface area contributed by atoms with Crippen molar-refractivity contribution in [2.45, 2.75) is 47.0 Å². The van der Waals surface area contributed by atoms with Crippen LogP contribution in [0.15, 0.2) is 22.3 Å². The maximum Gasteiger partial charge on any atom is -0.0106 e. The average Bonchev–Trinajstić information content (AvgIpc) is 1.96. The summed E-state index contributed by atoms with van der Waals surface area (Å²) in [6.45, 7) is 8.90. The maximum absolute atomic E-state index is 2.26. The Morgan fingerprint density at radius 2 is 1.82 bits per heavy atom. The largest absolute Gasteiger partial charge is 0.0772 e. The van der Waals surface area contributed by atoms with Gasteiger partial charge in [0.1, 0.15) is 0 Å². The number of allylic oxidation sites excluding steroid dienone is 4. The zero-order valence-corrected chi connectivity index (χ0v) is 8.12. The SMILES string of the molecule is CC(C)=C(C)CC1=C(C)CC1. The van der Waals surface area contributed by atoms with Crippen LogP contribution in [0, 0.1) is 0 Å². The molecule has 0 bridgehead atoms. The summed E-state index contributed by atoms with van der Waals surface area (Å²) in [7, 11) is 0. The Bertz CT molecular complexity index is 201. The van der Waals surface area contributed by atoms with Gasteiger partial charge in [-0.1, -0.05) is 22.3 Å². The summed E-state index contributed by atoms with van der Waals surface area (Å²) < 4.78 is 0. The molecule has 0 N–H and O–H groups in total. The molecule has 0 radical (unpaired) electrons. The van der Waals surface area contributed by atoms with E-state index in [4.69, 9.17) is 0 Å². The van der Waals surface area contributed by atoms with Gasteiger partial charge in [0, 0.05) is 0 Å². The highest BCUT2D eigenvalue weighted by molar-refractivity contribution is 5.28. The fourth-order valence-electron chi connectivity index (χ4n) is 1.29. The molecule has 1 aliphatic carbocycles. The zero-order chi connectivity index (χ0) is 8.43. The molecule has 0 heterocycles. The zero-order valence-electron chi connectivity index (χ0n) is 8.12. The van der Waals surface area contributed by atoms with Gasteiger partial charge in [0.2, 0.25) is 0 Å². The van der Waals surface area contributed by atoms with E-state index in [0.29, 0.717) is 0 Å². The maximum atomic E-state index is 2.26. The summed E-state index contributed by atoms with van der Waals surface area (Å²) in [4.78, 5) is 0. The first kappa shape index (κ1) is 8.58. The molecule has 0 aromatic heterocycles. The van der Waals surface area contributed by atoms with Crippen LogP contribution in [0.3, 0.4) is 0 Å². The quantitative estimate of drug-likeness (QED) is 0.524. The van der Waals surface area contributed by atoms with E-state index >= 15 is 0 Å². The van der Waals surface area contributed by atoms with Crippen molar-refractivity contribution in [1.29, 1.82) is 0 Å². The summed E-state index contributed by atoms with van der Waals surface area (Å²) in [5.74, 6) is 0. The van der Waals surface area contributed by atoms with Crippen molar-refractivity contribution < 1.29 is 0 Å². The minimum absolute atomic E-state index is 1.23. The van der Waals surface area contributed by atoms with Gasteiger partial charge in [-0.25, -0.2) is 0 Å². The summed E-state index contributed by atoms with van der Waals surface area (Å²) in [5.41, 5.74) is 6.35. The first-order valence-corrected chi connectivity index (χ1v) is 4.41. The van der Waals surface area contributed by atoms with E-state index in [1.54, 1.807) is 16.7 Å². The molecule has 0 saturated carbocycles. The smallest absolute Gasteiger partial charge is 0.0106 e. The topological polar surface area (TPSA) is 0 Å². The predicted molar refractivity (Wildman–Crippen MR) is 50.6 cm³/mol. The third-order valence-corrected chi connectivity index (χ3v) is 2.74. The van der Waals surface area contributed by atoms with E-state index < -0.39 is 0 Å². The van der Waals surface area contributed by atoms with Crippen molar-refractivity contribution in [3.8, 4) is 0 Å².